The Morgan fingerprint density at radius 2 is 1.13 bits per heavy atom. The number of ether oxygens (including phenoxy) is 4. The van der Waals surface area contributed by atoms with E-state index in [9.17, 15) is 75.7 Å². The van der Waals surface area contributed by atoms with Crippen molar-refractivity contribution in [2.45, 2.75) is 61.4 Å². The van der Waals surface area contributed by atoms with Crippen LogP contribution < -0.4 is 14.9 Å². The number of hydrogen-bond donors (Lipinski definition) is 12. The summed E-state index contributed by atoms with van der Waals surface area (Å²) in [6.45, 7) is 0. The van der Waals surface area contributed by atoms with Gasteiger partial charge in [-0.25, -0.2) is 9.59 Å². The Hall–Kier alpha value is -4.93. The molecule has 0 radical (unpaired) electrons. The molecule has 0 spiro atoms. The number of carboxylic acid groups (broad SMARTS) is 2. The highest BCUT2D eigenvalue weighted by Gasteiger charge is 2.49. The van der Waals surface area contributed by atoms with Crippen molar-refractivity contribution >= 4 is 22.9 Å². The summed E-state index contributed by atoms with van der Waals surface area (Å²) < 4.78 is 26.6. The number of aliphatic hydroxyl groups is 6. The Labute approximate surface area is 259 Å². The third-order valence-electron chi connectivity index (χ3n) is 7.35. The van der Waals surface area contributed by atoms with Gasteiger partial charge in [-0.1, -0.05) is 0 Å². The molecule has 2 aromatic carbocycles. The van der Waals surface area contributed by atoms with E-state index in [1.165, 1.54) is 0 Å². The van der Waals surface area contributed by atoms with E-state index in [1.807, 2.05) is 0 Å². The first kappa shape index (κ1) is 33.4. The topological polar surface area (TPSA) is 344 Å². The van der Waals surface area contributed by atoms with Gasteiger partial charge in [0.15, 0.2) is 35.2 Å². The average molecular weight is 670 g/mol. The Morgan fingerprint density at radius 3 is 1.62 bits per heavy atom. The van der Waals surface area contributed by atoms with E-state index in [4.69, 9.17) is 23.4 Å². The summed E-state index contributed by atoms with van der Waals surface area (Å²) in [6.07, 6.45) is -21.0. The molecule has 0 bridgehead atoms. The number of benzene rings is 2. The SMILES string of the molecule is O=C(O)C1O[C@@H](Oc2c(-c3cc(O)c(O)c(O)c3)oc3cc(O[C@@H]4OC(C(=O)O)[C@@H](O)[C@H](O)C4O)cc(O)c3c2=O)C(O)C(O)[C@@H]1O. The zero-order valence-corrected chi connectivity index (χ0v) is 23.2. The van der Waals surface area contributed by atoms with Gasteiger partial charge < -0.3 is 84.6 Å². The molecule has 5 unspecified atom stereocenters. The van der Waals surface area contributed by atoms with E-state index in [-0.39, 0.29) is 0 Å². The fourth-order valence-corrected chi connectivity index (χ4v) is 4.91. The highest BCUT2D eigenvalue weighted by Crippen LogP contribution is 2.43. The van der Waals surface area contributed by atoms with Gasteiger partial charge in [-0.15, -0.1) is 0 Å². The molecule has 10 atom stereocenters. The highest BCUT2D eigenvalue weighted by molar-refractivity contribution is 5.88. The molecule has 2 fully saturated rings. The number of aromatic hydroxyl groups is 4. The van der Waals surface area contributed by atoms with Crippen molar-refractivity contribution in [3.05, 3.63) is 34.5 Å². The van der Waals surface area contributed by atoms with E-state index >= 15 is 0 Å². The first-order valence-electron chi connectivity index (χ1n) is 13.3. The summed E-state index contributed by atoms with van der Waals surface area (Å²) in [5.41, 5.74) is -2.26. The molecule has 20 heteroatoms. The lowest BCUT2D eigenvalue weighted by Crippen LogP contribution is -2.61. The number of phenolic OH excluding ortho intramolecular Hbond substituents is 4. The third-order valence-corrected chi connectivity index (χ3v) is 7.35. The molecule has 5 rings (SSSR count). The molecular weight excluding hydrogens is 644 g/mol. The second kappa shape index (κ2) is 12.4. The molecule has 0 saturated carbocycles. The minimum absolute atomic E-state index is 0.411. The van der Waals surface area contributed by atoms with Crippen LogP contribution in [0.25, 0.3) is 22.3 Å². The first-order valence-corrected chi connectivity index (χ1v) is 13.3. The quantitative estimate of drug-likeness (QED) is 0.110. The summed E-state index contributed by atoms with van der Waals surface area (Å²) in [7, 11) is 0. The number of phenols is 4. The number of carbonyl (C=O) groups is 2. The summed E-state index contributed by atoms with van der Waals surface area (Å²) in [4.78, 5) is 36.8. The Bertz CT molecular complexity index is 1750. The maximum absolute atomic E-state index is 13.8. The number of rotatable bonds is 7. The smallest absolute Gasteiger partial charge is 0.335 e. The van der Waals surface area contributed by atoms with Gasteiger partial charge >= 0.3 is 11.9 Å². The summed E-state index contributed by atoms with van der Waals surface area (Å²) >= 11 is 0. The average Bonchev–Trinajstić information content (AvgIpc) is 3.00. The second-order valence-corrected chi connectivity index (χ2v) is 10.5. The van der Waals surface area contributed by atoms with Crippen molar-refractivity contribution in [2.24, 2.45) is 0 Å². The maximum Gasteiger partial charge on any atom is 0.335 e. The predicted octanol–water partition coefficient (Wildman–Crippen LogP) is -3.18. The second-order valence-electron chi connectivity index (χ2n) is 10.5. The number of fused-ring (bicyclic) bond motifs is 1. The van der Waals surface area contributed by atoms with Gasteiger partial charge in [-0.05, 0) is 12.1 Å². The Balaban J connectivity index is 1.63. The predicted molar refractivity (Wildman–Crippen MR) is 144 cm³/mol. The van der Waals surface area contributed by atoms with Gasteiger partial charge in [-0.3, -0.25) is 4.79 Å². The largest absolute Gasteiger partial charge is 0.507 e. The normalized spacial score (nSPS) is 30.9. The van der Waals surface area contributed by atoms with E-state index in [2.05, 4.69) is 0 Å². The number of carboxylic acids is 2. The van der Waals surface area contributed by atoms with Gasteiger partial charge in [0.2, 0.25) is 23.8 Å². The molecule has 1 aromatic heterocycles. The lowest BCUT2D eigenvalue weighted by molar-refractivity contribution is -0.271. The van der Waals surface area contributed by atoms with Crippen LogP contribution in [-0.2, 0) is 19.1 Å². The van der Waals surface area contributed by atoms with Crippen molar-refractivity contribution in [1.82, 2.24) is 0 Å². The summed E-state index contributed by atoms with van der Waals surface area (Å²) in [6, 6.07) is 3.21. The zero-order valence-electron chi connectivity index (χ0n) is 23.2. The summed E-state index contributed by atoms with van der Waals surface area (Å²) in [5.74, 6) is -9.48. The summed E-state index contributed by atoms with van der Waals surface area (Å²) in [5, 5.41) is 120. The third kappa shape index (κ3) is 5.90. The van der Waals surface area contributed by atoms with Crippen LogP contribution in [0, 0.1) is 0 Å². The van der Waals surface area contributed by atoms with Crippen LogP contribution in [-0.4, -0.2) is 135 Å². The number of hydrogen-bond acceptors (Lipinski definition) is 18. The van der Waals surface area contributed by atoms with Crippen LogP contribution in [0.1, 0.15) is 0 Å². The monoisotopic (exact) mass is 670 g/mol. The van der Waals surface area contributed by atoms with Crippen molar-refractivity contribution in [3.63, 3.8) is 0 Å². The molecular formula is C27H26O20. The molecule has 2 aliphatic rings. The lowest BCUT2D eigenvalue weighted by Gasteiger charge is -2.38. The van der Waals surface area contributed by atoms with Crippen LogP contribution in [0.4, 0.5) is 0 Å². The molecule has 3 aromatic rings. The van der Waals surface area contributed by atoms with Crippen LogP contribution in [0.15, 0.2) is 33.5 Å². The Morgan fingerprint density at radius 1 is 0.638 bits per heavy atom. The maximum atomic E-state index is 13.8. The van der Waals surface area contributed by atoms with Crippen LogP contribution >= 0.6 is 0 Å². The fourth-order valence-electron chi connectivity index (χ4n) is 4.91. The zero-order chi connectivity index (χ0) is 34.6. The van der Waals surface area contributed by atoms with Gasteiger partial charge in [0, 0.05) is 17.7 Å². The Kier molecular flexibility index (Phi) is 8.79. The number of aliphatic hydroxyl groups excluding tert-OH is 6. The first-order chi connectivity index (χ1) is 22.0. The van der Waals surface area contributed by atoms with Crippen molar-refractivity contribution < 1.29 is 94.2 Å². The molecule has 12 N–H and O–H groups in total. The minimum Gasteiger partial charge on any atom is -0.507 e. The van der Waals surface area contributed by atoms with Crippen molar-refractivity contribution in [1.29, 1.82) is 0 Å². The molecule has 3 heterocycles. The van der Waals surface area contributed by atoms with E-state index in [0.29, 0.717) is 0 Å². The lowest BCUT2D eigenvalue weighted by atomic mass is 9.99. The molecule has 20 nitrogen and oxygen atoms in total. The van der Waals surface area contributed by atoms with Crippen LogP contribution in [0.5, 0.6) is 34.5 Å². The minimum atomic E-state index is -2.19. The fraction of sp³-hybridized carbons (Fsp3) is 0.370. The van der Waals surface area contributed by atoms with Crippen LogP contribution in [0.3, 0.4) is 0 Å². The standard InChI is InChI=1S/C27H26O20/c28-7-3-6(43-26-18(37)14(33)16(35)22(46-26)24(39)40)4-10-11(7)13(32)21(20(44-10)5-1-8(29)12(31)9(30)2-5)45-27-19(38)15(34)17(36)23(47-27)25(41)42/h1-4,14-19,22-23,26-31,33-38H,(H,39,40)(H,41,42)/t14-,15?,16-,17-,18?,19?,22?,23?,26+,27+/m0/s1. The molecule has 254 valence electrons. The van der Waals surface area contributed by atoms with Gasteiger partial charge in [-0.2, -0.15) is 0 Å². The van der Waals surface area contributed by atoms with E-state index in [0.717, 1.165) is 24.3 Å². The van der Waals surface area contributed by atoms with Crippen molar-refractivity contribution in [3.8, 4) is 45.8 Å². The van der Waals surface area contributed by atoms with Gasteiger partial charge in [0.1, 0.15) is 59.1 Å². The van der Waals surface area contributed by atoms with Gasteiger partial charge in [0.25, 0.3) is 0 Å². The molecule has 0 aliphatic carbocycles. The molecule has 2 saturated heterocycles. The van der Waals surface area contributed by atoms with Crippen LogP contribution in [0.2, 0.25) is 0 Å². The van der Waals surface area contributed by atoms with Crippen molar-refractivity contribution in [2.75, 3.05) is 0 Å². The van der Waals surface area contributed by atoms with E-state index in [1.54, 1.807) is 0 Å². The number of aliphatic carboxylic acids is 2. The van der Waals surface area contributed by atoms with Gasteiger partial charge in [0.05, 0.1) is 0 Å². The molecule has 47 heavy (non-hydrogen) atoms. The van der Waals surface area contributed by atoms with E-state index < -0.39 is 136 Å². The highest BCUT2D eigenvalue weighted by atomic mass is 16.7. The molecule has 0 amide bonds. The molecule has 2 aliphatic heterocycles.